The molecule has 3 aromatic rings. The maximum absolute atomic E-state index is 13.2. The van der Waals surface area contributed by atoms with E-state index in [9.17, 15) is 4.39 Å². The zero-order valence-electron chi connectivity index (χ0n) is 9.98. The van der Waals surface area contributed by atoms with Gasteiger partial charge in [0.25, 0.3) is 0 Å². The van der Waals surface area contributed by atoms with Gasteiger partial charge in [-0.1, -0.05) is 28.1 Å². The number of fused-ring (bicyclic) bond motifs is 1. The highest BCUT2D eigenvalue weighted by atomic mass is 79.9. The molecule has 96 valence electrons. The van der Waals surface area contributed by atoms with E-state index >= 15 is 0 Å². The van der Waals surface area contributed by atoms with E-state index in [2.05, 4.69) is 20.9 Å². The molecule has 0 fully saturated rings. The van der Waals surface area contributed by atoms with Gasteiger partial charge in [0, 0.05) is 11.0 Å². The van der Waals surface area contributed by atoms with Crippen LogP contribution in [0.5, 0.6) is 0 Å². The van der Waals surface area contributed by atoms with Crippen molar-refractivity contribution >= 4 is 32.7 Å². The Hall–Kier alpha value is -1.88. The van der Waals surface area contributed by atoms with Crippen LogP contribution in [0, 0.1) is 5.82 Å². The van der Waals surface area contributed by atoms with Crippen LogP contribution < -0.4 is 5.73 Å². The largest absolute Gasteiger partial charge is 0.397 e. The Morgan fingerprint density at radius 3 is 2.89 bits per heavy atom. The van der Waals surface area contributed by atoms with Crippen molar-refractivity contribution in [1.82, 2.24) is 9.55 Å². The highest BCUT2D eigenvalue weighted by Crippen LogP contribution is 2.25. The summed E-state index contributed by atoms with van der Waals surface area (Å²) in [6.07, 6.45) is 1.72. The van der Waals surface area contributed by atoms with Crippen LogP contribution in [0.2, 0.25) is 0 Å². The molecule has 0 saturated carbocycles. The molecule has 5 heteroatoms. The fourth-order valence-corrected chi connectivity index (χ4v) is 2.58. The van der Waals surface area contributed by atoms with E-state index in [4.69, 9.17) is 5.73 Å². The number of rotatable bonds is 2. The summed E-state index contributed by atoms with van der Waals surface area (Å²) in [5, 5.41) is 0. The van der Waals surface area contributed by atoms with Crippen LogP contribution in [-0.2, 0) is 6.54 Å². The van der Waals surface area contributed by atoms with Gasteiger partial charge < -0.3 is 10.3 Å². The van der Waals surface area contributed by atoms with Gasteiger partial charge in [-0.2, -0.15) is 0 Å². The molecule has 0 atom stereocenters. The third-order valence-corrected chi connectivity index (χ3v) is 3.42. The summed E-state index contributed by atoms with van der Waals surface area (Å²) in [5.41, 5.74) is 9.13. The van der Waals surface area contributed by atoms with Crippen LogP contribution in [0.1, 0.15) is 5.56 Å². The van der Waals surface area contributed by atoms with Gasteiger partial charge in [0.1, 0.15) is 11.3 Å². The third-order valence-electron chi connectivity index (χ3n) is 2.96. The van der Waals surface area contributed by atoms with Crippen molar-refractivity contribution in [3.05, 3.63) is 58.6 Å². The van der Waals surface area contributed by atoms with E-state index < -0.39 is 0 Å². The fraction of sp³-hybridized carbons (Fsp3) is 0.0714. The molecule has 1 heterocycles. The van der Waals surface area contributed by atoms with Gasteiger partial charge in [-0.25, -0.2) is 9.37 Å². The molecule has 0 aliphatic carbocycles. The lowest BCUT2D eigenvalue weighted by Gasteiger charge is -2.06. The molecule has 0 saturated heterocycles. The number of nitrogens with zero attached hydrogens (tertiary/aromatic N) is 2. The molecule has 0 aliphatic heterocycles. The minimum Gasteiger partial charge on any atom is -0.397 e. The van der Waals surface area contributed by atoms with E-state index in [0.717, 1.165) is 21.1 Å². The highest BCUT2D eigenvalue weighted by molar-refractivity contribution is 9.10. The van der Waals surface area contributed by atoms with Crippen molar-refractivity contribution in [3.8, 4) is 0 Å². The van der Waals surface area contributed by atoms with Gasteiger partial charge >= 0.3 is 0 Å². The molecule has 2 aromatic carbocycles. The number of nitrogens with two attached hydrogens (primary N) is 1. The van der Waals surface area contributed by atoms with E-state index in [0.29, 0.717) is 12.2 Å². The van der Waals surface area contributed by atoms with Crippen LogP contribution in [0.3, 0.4) is 0 Å². The molecule has 0 radical (unpaired) electrons. The SMILES string of the molecule is Nc1cc(Br)cc2c1ncn2Cc1cccc(F)c1. The van der Waals surface area contributed by atoms with Gasteiger partial charge in [0.15, 0.2) is 0 Å². The number of imidazole rings is 1. The number of halogens is 2. The molecular formula is C14H11BrFN3. The number of aromatic nitrogens is 2. The fourth-order valence-electron chi connectivity index (χ4n) is 2.11. The predicted octanol–water partition coefficient (Wildman–Crippen LogP) is 3.57. The predicted molar refractivity (Wildman–Crippen MR) is 77.3 cm³/mol. The highest BCUT2D eigenvalue weighted by Gasteiger charge is 2.07. The van der Waals surface area contributed by atoms with Crippen LogP contribution in [0.4, 0.5) is 10.1 Å². The lowest BCUT2D eigenvalue weighted by atomic mass is 10.2. The molecule has 0 unspecified atom stereocenters. The molecule has 3 nitrogen and oxygen atoms in total. The standard InChI is InChI=1S/C14H11BrFN3/c15-10-5-12(17)14-13(6-10)19(8-18-14)7-9-2-1-3-11(16)4-9/h1-6,8H,7,17H2. The lowest BCUT2D eigenvalue weighted by molar-refractivity contribution is 0.624. The summed E-state index contributed by atoms with van der Waals surface area (Å²) < 4.78 is 16.0. The van der Waals surface area contributed by atoms with Crippen molar-refractivity contribution in [2.24, 2.45) is 0 Å². The first-order valence-corrected chi connectivity index (χ1v) is 6.57. The van der Waals surface area contributed by atoms with Crippen molar-refractivity contribution < 1.29 is 4.39 Å². The quantitative estimate of drug-likeness (QED) is 0.734. The Balaban J connectivity index is 2.06. The topological polar surface area (TPSA) is 43.8 Å². The summed E-state index contributed by atoms with van der Waals surface area (Å²) in [5.74, 6) is -0.234. The normalized spacial score (nSPS) is 11.1. The molecule has 0 spiro atoms. The molecule has 2 N–H and O–H groups in total. The molecule has 1 aromatic heterocycles. The number of benzene rings is 2. The van der Waals surface area contributed by atoms with Crippen LogP contribution >= 0.6 is 15.9 Å². The second-order valence-electron chi connectivity index (χ2n) is 4.37. The van der Waals surface area contributed by atoms with Gasteiger partial charge in [0.2, 0.25) is 0 Å². The summed E-state index contributed by atoms with van der Waals surface area (Å²) in [4.78, 5) is 4.30. The lowest BCUT2D eigenvalue weighted by Crippen LogP contribution is -1.98. The van der Waals surface area contributed by atoms with E-state index in [1.807, 2.05) is 22.8 Å². The third kappa shape index (κ3) is 2.33. The second kappa shape index (κ2) is 4.66. The van der Waals surface area contributed by atoms with Gasteiger partial charge in [0.05, 0.1) is 17.5 Å². The second-order valence-corrected chi connectivity index (χ2v) is 5.28. The Kier molecular flexibility index (Phi) is 2.98. The monoisotopic (exact) mass is 319 g/mol. The molecule has 0 bridgehead atoms. The Labute approximate surface area is 118 Å². The van der Waals surface area contributed by atoms with Gasteiger partial charge in [-0.15, -0.1) is 0 Å². The van der Waals surface area contributed by atoms with Crippen LogP contribution in [0.15, 0.2) is 47.2 Å². The Bertz CT molecular complexity index is 752. The number of nitrogen functional groups attached to an aromatic ring is 1. The van der Waals surface area contributed by atoms with E-state index in [1.54, 1.807) is 12.4 Å². The first-order valence-electron chi connectivity index (χ1n) is 5.78. The number of hydrogen-bond acceptors (Lipinski definition) is 2. The van der Waals surface area contributed by atoms with E-state index in [-0.39, 0.29) is 5.82 Å². The number of hydrogen-bond donors (Lipinski definition) is 1. The smallest absolute Gasteiger partial charge is 0.123 e. The summed E-state index contributed by atoms with van der Waals surface area (Å²) in [6, 6.07) is 10.3. The van der Waals surface area contributed by atoms with Crippen molar-refractivity contribution in [1.29, 1.82) is 0 Å². The number of anilines is 1. The van der Waals surface area contributed by atoms with Crippen molar-refractivity contribution in [2.45, 2.75) is 6.54 Å². The van der Waals surface area contributed by atoms with Gasteiger partial charge in [-0.05, 0) is 29.8 Å². The average Bonchev–Trinajstić information content (AvgIpc) is 2.73. The summed E-state index contributed by atoms with van der Waals surface area (Å²) >= 11 is 3.42. The zero-order valence-corrected chi connectivity index (χ0v) is 11.6. The minimum atomic E-state index is -0.234. The maximum Gasteiger partial charge on any atom is 0.123 e. The van der Waals surface area contributed by atoms with E-state index in [1.165, 1.54) is 12.1 Å². The average molecular weight is 320 g/mol. The van der Waals surface area contributed by atoms with Crippen LogP contribution in [0.25, 0.3) is 11.0 Å². The molecule has 19 heavy (non-hydrogen) atoms. The van der Waals surface area contributed by atoms with Crippen LogP contribution in [-0.4, -0.2) is 9.55 Å². The summed E-state index contributed by atoms with van der Waals surface area (Å²) in [7, 11) is 0. The molecular weight excluding hydrogens is 309 g/mol. The van der Waals surface area contributed by atoms with Crippen molar-refractivity contribution in [3.63, 3.8) is 0 Å². The Morgan fingerprint density at radius 1 is 1.26 bits per heavy atom. The first-order chi connectivity index (χ1) is 9.13. The Morgan fingerprint density at radius 2 is 2.11 bits per heavy atom. The van der Waals surface area contributed by atoms with Gasteiger partial charge in [-0.3, -0.25) is 0 Å². The molecule has 0 amide bonds. The summed E-state index contributed by atoms with van der Waals surface area (Å²) in [6.45, 7) is 0.560. The maximum atomic E-state index is 13.2. The minimum absolute atomic E-state index is 0.234. The first kappa shape index (κ1) is 12.2. The molecule has 3 rings (SSSR count). The van der Waals surface area contributed by atoms with Crippen molar-refractivity contribution in [2.75, 3.05) is 5.73 Å². The molecule has 0 aliphatic rings. The zero-order chi connectivity index (χ0) is 13.4.